The molecule has 182 valence electrons. The van der Waals surface area contributed by atoms with Crippen LogP contribution in [0.3, 0.4) is 0 Å². The number of amides is 2. The van der Waals surface area contributed by atoms with Gasteiger partial charge in [-0.25, -0.2) is 9.50 Å². The Balaban J connectivity index is 1.35. The van der Waals surface area contributed by atoms with Gasteiger partial charge < -0.3 is 10.1 Å². The van der Waals surface area contributed by atoms with Gasteiger partial charge in [0.15, 0.2) is 0 Å². The van der Waals surface area contributed by atoms with Crippen LogP contribution in [-0.2, 0) is 16.1 Å². The van der Waals surface area contributed by atoms with E-state index in [4.69, 9.17) is 16.3 Å². The Morgan fingerprint density at radius 1 is 1.20 bits per heavy atom. The second-order valence-corrected chi connectivity index (χ2v) is 11.1. The Bertz CT molecular complexity index is 1360. The number of aromatic nitrogens is 3. The van der Waals surface area contributed by atoms with Crippen molar-refractivity contribution in [3.63, 3.8) is 0 Å². The molecule has 1 saturated carbocycles. The number of halogens is 1. The molecule has 2 aliphatic heterocycles. The number of nitrogens with zero attached hydrogens (tertiary/aromatic N) is 4. The molecule has 3 aromatic rings. The molecule has 0 bridgehead atoms. The van der Waals surface area contributed by atoms with Gasteiger partial charge in [-0.2, -0.15) is 5.10 Å². The van der Waals surface area contributed by atoms with E-state index in [0.29, 0.717) is 16.8 Å². The van der Waals surface area contributed by atoms with Crippen LogP contribution >= 0.6 is 11.6 Å². The topological polar surface area (TPSA) is 88.8 Å². The number of nitrogens with one attached hydrogen (secondary N) is 1. The van der Waals surface area contributed by atoms with Crippen LogP contribution in [0.2, 0.25) is 5.02 Å². The fourth-order valence-electron chi connectivity index (χ4n) is 5.83. The number of rotatable bonds is 5. The summed E-state index contributed by atoms with van der Waals surface area (Å²) in [6.45, 7) is 9.12. The minimum absolute atomic E-state index is 0.0618. The fraction of sp³-hybridized carbons (Fsp3) is 0.462. The molecular weight excluding hydrogens is 466 g/mol. The highest BCUT2D eigenvalue weighted by Gasteiger charge is 2.72. The molecule has 6 rings (SSSR count). The van der Waals surface area contributed by atoms with Crippen LogP contribution in [0.25, 0.3) is 16.8 Å². The monoisotopic (exact) mass is 493 g/mol. The number of carbonyl (C=O) groups is 2. The SMILES string of the molecule is Cc1cc(Cl)cc(-c2ncnn3cc(CN4C(=O)C5C(C4=O)C5(C)C)cc23)c1O[C@@H]1CN[C@@H](C)C1. The van der Waals surface area contributed by atoms with Gasteiger partial charge in [0.2, 0.25) is 11.8 Å². The van der Waals surface area contributed by atoms with Gasteiger partial charge in [-0.3, -0.25) is 14.5 Å². The van der Waals surface area contributed by atoms with Crippen molar-refractivity contribution in [3.05, 3.63) is 46.9 Å². The number of hydrogen-bond donors (Lipinski definition) is 1. The third-order valence-corrected chi connectivity index (χ3v) is 8.00. The van der Waals surface area contributed by atoms with Gasteiger partial charge in [0, 0.05) is 35.8 Å². The Labute approximate surface area is 208 Å². The number of aryl methyl sites for hydroxylation is 1. The standard InChI is InChI=1S/C26H28ClN5O3/c1-13-5-16(27)8-18(23(13)35-17-6-14(2)28-9-17)22-19-7-15(11-32(19)30-12-29-22)10-31-24(33)20-21(25(31)34)26(20,3)4/h5,7-8,11-12,14,17,20-21,28H,6,9-10H2,1-4H3/t14-,17-,20?,21?/m0/s1. The van der Waals surface area contributed by atoms with Gasteiger partial charge in [-0.15, -0.1) is 0 Å². The number of benzene rings is 1. The lowest BCUT2D eigenvalue weighted by Gasteiger charge is -2.19. The summed E-state index contributed by atoms with van der Waals surface area (Å²) in [6.07, 6.45) is 4.32. The highest BCUT2D eigenvalue weighted by atomic mass is 35.5. The van der Waals surface area contributed by atoms with Crippen LogP contribution in [0.1, 0.15) is 38.3 Å². The maximum atomic E-state index is 12.8. The second kappa shape index (κ2) is 7.77. The van der Waals surface area contributed by atoms with Crippen LogP contribution in [0.5, 0.6) is 5.75 Å². The molecule has 8 nitrogen and oxygen atoms in total. The lowest BCUT2D eigenvalue weighted by molar-refractivity contribution is -0.143. The Hall–Kier alpha value is -2.97. The average Bonchev–Trinajstić information content (AvgIpc) is 3.16. The van der Waals surface area contributed by atoms with E-state index in [1.54, 1.807) is 4.52 Å². The van der Waals surface area contributed by atoms with E-state index < -0.39 is 0 Å². The first kappa shape index (κ1) is 22.5. The minimum Gasteiger partial charge on any atom is -0.488 e. The quantitative estimate of drug-likeness (QED) is 0.546. The van der Waals surface area contributed by atoms with Crippen molar-refractivity contribution >= 4 is 28.9 Å². The van der Waals surface area contributed by atoms with Gasteiger partial charge >= 0.3 is 0 Å². The average molecular weight is 494 g/mol. The first-order valence-corrected chi connectivity index (χ1v) is 12.4. The normalized spacial score (nSPS) is 27.1. The molecular formula is C26H28ClN5O3. The molecule has 0 spiro atoms. The largest absolute Gasteiger partial charge is 0.488 e. The first-order valence-electron chi connectivity index (χ1n) is 12.0. The summed E-state index contributed by atoms with van der Waals surface area (Å²) in [5, 5.41) is 8.39. The van der Waals surface area contributed by atoms with Crippen molar-refractivity contribution in [1.29, 1.82) is 0 Å². The zero-order chi connectivity index (χ0) is 24.6. The number of hydrogen-bond acceptors (Lipinski definition) is 6. The Morgan fingerprint density at radius 3 is 2.63 bits per heavy atom. The van der Waals surface area contributed by atoms with E-state index in [0.717, 1.165) is 40.9 Å². The second-order valence-electron chi connectivity index (χ2n) is 10.7. The highest BCUT2D eigenvalue weighted by Crippen LogP contribution is 2.63. The van der Waals surface area contributed by atoms with E-state index in [9.17, 15) is 9.59 Å². The fourth-order valence-corrected chi connectivity index (χ4v) is 6.10. The molecule has 9 heteroatoms. The van der Waals surface area contributed by atoms with Gasteiger partial charge in [-0.1, -0.05) is 25.4 Å². The maximum absolute atomic E-state index is 12.8. The molecule has 2 amide bonds. The van der Waals surface area contributed by atoms with E-state index in [-0.39, 0.29) is 41.7 Å². The van der Waals surface area contributed by atoms with Crippen molar-refractivity contribution in [2.75, 3.05) is 6.54 Å². The summed E-state index contributed by atoms with van der Waals surface area (Å²) in [5.41, 5.74) is 3.78. The molecule has 0 radical (unpaired) electrons. The zero-order valence-corrected chi connectivity index (χ0v) is 21.0. The molecule has 3 fully saturated rings. The first-order chi connectivity index (χ1) is 16.6. The Morgan fingerprint density at radius 2 is 1.94 bits per heavy atom. The van der Waals surface area contributed by atoms with Crippen LogP contribution in [0.15, 0.2) is 30.7 Å². The van der Waals surface area contributed by atoms with Gasteiger partial charge in [0.05, 0.1) is 23.9 Å². The molecule has 35 heavy (non-hydrogen) atoms. The number of carbonyl (C=O) groups excluding carboxylic acids is 2. The lowest BCUT2D eigenvalue weighted by atomic mass is 10.0. The number of ether oxygens (including phenoxy) is 1. The van der Waals surface area contributed by atoms with Crippen LogP contribution in [0.4, 0.5) is 0 Å². The van der Waals surface area contributed by atoms with Crippen LogP contribution in [0, 0.1) is 24.2 Å². The molecule has 3 aliphatic rings. The summed E-state index contributed by atoms with van der Waals surface area (Å²) in [5.74, 6) is 0.221. The van der Waals surface area contributed by atoms with E-state index in [2.05, 4.69) is 22.3 Å². The van der Waals surface area contributed by atoms with Crippen molar-refractivity contribution < 1.29 is 14.3 Å². The van der Waals surface area contributed by atoms with E-state index in [1.165, 1.54) is 11.2 Å². The molecule has 1 aromatic carbocycles. The Kier molecular flexibility index (Phi) is 4.99. The molecule has 2 saturated heterocycles. The summed E-state index contributed by atoms with van der Waals surface area (Å²) in [7, 11) is 0. The van der Waals surface area contributed by atoms with Crippen LogP contribution in [-0.4, -0.2) is 50.0 Å². The van der Waals surface area contributed by atoms with E-state index in [1.807, 2.05) is 45.2 Å². The highest BCUT2D eigenvalue weighted by molar-refractivity contribution is 6.31. The molecule has 1 N–H and O–H groups in total. The number of likely N-dealkylation sites (tertiary alicyclic amines) is 1. The van der Waals surface area contributed by atoms with Crippen molar-refractivity contribution in [3.8, 4) is 17.0 Å². The van der Waals surface area contributed by atoms with Gasteiger partial charge in [-0.05, 0) is 48.6 Å². The van der Waals surface area contributed by atoms with E-state index >= 15 is 0 Å². The van der Waals surface area contributed by atoms with Crippen molar-refractivity contribution in [2.24, 2.45) is 17.3 Å². The third kappa shape index (κ3) is 3.53. The maximum Gasteiger partial charge on any atom is 0.233 e. The number of piperidine rings is 1. The number of fused-ring (bicyclic) bond motifs is 2. The predicted molar refractivity (Wildman–Crippen MR) is 131 cm³/mol. The van der Waals surface area contributed by atoms with Crippen molar-refractivity contribution in [2.45, 2.75) is 52.8 Å². The van der Waals surface area contributed by atoms with Crippen molar-refractivity contribution in [1.82, 2.24) is 24.8 Å². The summed E-state index contributed by atoms with van der Waals surface area (Å²) < 4.78 is 8.19. The summed E-state index contributed by atoms with van der Waals surface area (Å²) >= 11 is 6.45. The zero-order valence-electron chi connectivity index (χ0n) is 20.2. The summed E-state index contributed by atoms with van der Waals surface area (Å²) in [6, 6.07) is 6.10. The van der Waals surface area contributed by atoms with Gasteiger partial charge in [0.1, 0.15) is 23.9 Å². The van der Waals surface area contributed by atoms with Gasteiger partial charge in [0.25, 0.3) is 0 Å². The predicted octanol–water partition coefficient (Wildman–Crippen LogP) is 3.63. The molecule has 1 aliphatic carbocycles. The molecule has 4 heterocycles. The molecule has 2 aromatic heterocycles. The third-order valence-electron chi connectivity index (χ3n) is 7.78. The lowest BCUT2D eigenvalue weighted by Crippen LogP contribution is -2.35. The molecule has 2 unspecified atom stereocenters. The minimum atomic E-state index is -0.220. The smallest absolute Gasteiger partial charge is 0.233 e. The van der Waals surface area contributed by atoms with Crippen LogP contribution < -0.4 is 10.1 Å². The number of imide groups is 1. The molecule has 4 atom stereocenters. The summed E-state index contributed by atoms with van der Waals surface area (Å²) in [4.78, 5) is 31.6.